The molecule has 1 aromatic heterocycles. The Hall–Kier alpha value is -1.13. The number of aromatic nitrogens is 1. The normalized spacial score (nSPS) is 11.8. The molecule has 18 heavy (non-hydrogen) atoms. The van der Waals surface area contributed by atoms with Gasteiger partial charge in [-0.25, -0.2) is 0 Å². The van der Waals surface area contributed by atoms with Gasteiger partial charge in [-0.05, 0) is 32.9 Å². The van der Waals surface area contributed by atoms with Crippen LogP contribution in [-0.2, 0) is 6.54 Å². The van der Waals surface area contributed by atoms with Crippen molar-refractivity contribution in [3.05, 3.63) is 40.5 Å². The van der Waals surface area contributed by atoms with Crippen LogP contribution in [0.3, 0.4) is 0 Å². The summed E-state index contributed by atoms with van der Waals surface area (Å²) in [6, 6.07) is 8.03. The van der Waals surface area contributed by atoms with Crippen molar-refractivity contribution in [3.8, 4) is 11.3 Å². The summed E-state index contributed by atoms with van der Waals surface area (Å²) < 4.78 is 6.39. The molecular formula is C14H17BrN2O. The molecule has 1 N–H and O–H groups in total. The Morgan fingerprint density at radius 1 is 1.33 bits per heavy atom. The molecule has 0 saturated heterocycles. The van der Waals surface area contributed by atoms with Gasteiger partial charge < -0.3 is 9.84 Å². The topological polar surface area (TPSA) is 38.1 Å². The van der Waals surface area contributed by atoms with E-state index in [0.717, 1.165) is 27.9 Å². The highest BCUT2D eigenvalue weighted by molar-refractivity contribution is 9.10. The second-order valence-corrected chi connectivity index (χ2v) is 6.21. The third-order valence-corrected chi connectivity index (χ3v) is 3.03. The summed E-state index contributed by atoms with van der Waals surface area (Å²) in [6.07, 6.45) is 1.77. The molecular weight excluding hydrogens is 292 g/mol. The highest BCUT2D eigenvalue weighted by Crippen LogP contribution is 2.26. The summed E-state index contributed by atoms with van der Waals surface area (Å²) >= 11 is 3.47. The summed E-state index contributed by atoms with van der Waals surface area (Å²) in [5.41, 5.74) is 2.18. The van der Waals surface area contributed by atoms with Crippen LogP contribution in [0.5, 0.6) is 0 Å². The van der Waals surface area contributed by atoms with Gasteiger partial charge in [0.15, 0.2) is 5.76 Å². The van der Waals surface area contributed by atoms with Crippen molar-refractivity contribution in [2.45, 2.75) is 32.9 Å². The van der Waals surface area contributed by atoms with E-state index in [2.05, 4.69) is 47.2 Å². The van der Waals surface area contributed by atoms with Gasteiger partial charge in [-0.2, -0.15) is 0 Å². The number of hydrogen-bond acceptors (Lipinski definition) is 3. The van der Waals surface area contributed by atoms with Gasteiger partial charge in [0.1, 0.15) is 0 Å². The van der Waals surface area contributed by atoms with Crippen LogP contribution in [0.25, 0.3) is 11.3 Å². The van der Waals surface area contributed by atoms with E-state index >= 15 is 0 Å². The summed E-state index contributed by atoms with van der Waals surface area (Å²) in [6.45, 7) is 7.16. The molecule has 3 nitrogen and oxygen atoms in total. The number of benzene rings is 1. The van der Waals surface area contributed by atoms with Crippen LogP contribution in [0.2, 0.25) is 0 Å². The predicted octanol–water partition coefficient (Wildman–Crippen LogP) is 3.99. The van der Waals surface area contributed by atoms with Crippen molar-refractivity contribution in [1.29, 1.82) is 0 Å². The highest BCUT2D eigenvalue weighted by Gasteiger charge is 2.14. The van der Waals surface area contributed by atoms with E-state index in [4.69, 9.17) is 4.52 Å². The maximum absolute atomic E-state index is 5.36. The molecule has 0 fully saturated rings. The maximum atomic E-state index is 5.36. The largest absolute Gasteiger partial charge is 0.356 e. The molecule has 1 heterocycles. The first-order valence-electron chi connectivity index (χ1n) is 5.90. The molecule has 0 aliphatic carbocycles. The number of nitrogens with zero attached hydrogens (tertiary/aromatic N) is 1. The van der Waals surface area contributed by atoms with Crippen molar-refractivity contribution < 1.29 is 4.52 Å². The van der Waals surface area contributed by atoms with E-state index in [0.29, 0.717) is 0 Å². The van der Waals surface area contributed by atoms with Gasteiger partial charge in [-0.3, -0.25) is 0 Å². The van der Waals surface area contributed by atoms with Gasteiger partial charge in [0, 0.05) is 27.7 Å². The first-order valence-corrected chi connectivity index (χ1v) is 6.69. The van der Waals surface area contributed by atoms with Gasteiger partial charge in [0.25, 0.3) is 0 Å². The Kier molecular flexibility index (Phi) is 3.88. The lowest BCUT2D eigenvalue weighted by Crippen LogP contribution is -2.35. The van der Waals surface area contributed by atoms with Gasteiger partial charge in [0.2, 0.25) is 0 Å². The highest BCUT2D eigenvalue weighted by atomic mass is 79.9. The molecule has 0 radical (unpaired) electrons. The second kappa shape index (κ2) is 5.24. The fourth-order valence-corrected chi connectivity index (χ4v) is 2.01. The average molecular weight is 309 g/mol. The van der Waals surface area contributed by atoms with Crippen LogP contribution < -0.4 is 5.32 Å². The Morgan fingerprint density at radius 3 is 2.78 bits per heavy atom. The van der Waals surface area contributed by atoms with Gasteiger partial charge >= 0.3 is 0 Å². The lowest BCUT2D eigenvalue weighted by atomic mass is 10.1. The van der Waals surface area contributed by atoms with E-state index in [9.17, 15) is 0 Å². The summed E-state index contributed by atoms with van der Waals surface area (Å²) in [7, 11) is 0. The molecule has 0 saturated carbocycles. The van der Waals surface area contributed by atoms with E-state index in [-0.39, 0.29) is 5.54 Å². The van der Waals surface area contributed by atoms with Gasteiger partial charge in [0.05, 0.1) is 6.20 Å². The third kappa shape index (κ3) is 3.43. The number of nitrogens with one attached hydrogen (secondary N) is 1. The molecule has 0 amide bonds. The molecule has 2 rings (SSSR count). The zero-order valence-electron chi connectivity index (χ0n) is 10.8. The minimum atomic E-state index is 0.0752. The zero-order chi connectivity index (χ0) is 13.2. The van der Waals surface area contributed by atoms with Crippen molar-refractivity contribution in [2.24, 2.45) is 0 Å². The summed E-state index contributed by atoms with van der Waals surface area (Å²) in [4.78, 5) is 0. The lowest BCUT2D eigenvalue weighted by Gasteiger charge is -2.20. The van der Waals surface area contributed by atoms with Crippen molar-refractivity contribution in [1.82, 2.24) is 10.5 Å². The number of hydrogen-bond donors (Lipinski definition) is 1. The monoisotopic (exact) mass is 308 g/mol. The molecule has 96 valence electrons. The van der Waals surface area contributed by atoms with Gasteiger partial charge in [-0.1, -0.05) is 33.2 Å². The van der Waals surface area contributed by atoms with Crippen LogP contribution in [0.15, 0.2) is 39.5 Å². The Labute approximate surface area is 116 Å². The average Bonchev–Trinajstić information content (AvgIpc) is 2.73. The fraction of sp³-hybridized carbons (Fsp3) is 0.357. The molecule has 0 aliphatic heterocycles. The van der Waals surface area contributed by atoms with Crippen LogP contribution >= 0.6 is 15.9 Å². The molecule has 0 unspecified atom stereocenters. The van der Waals surface area contributed by atoms with Crippen LogP contribution in [0, 0.1) is 0 Å². The van der Waals surface area contributed by atoms with Crippen LogP contribution in [-0.4, -0.2) is 10.7 Å². The standard InChI is InChI=1S/C14H17BrN2O/c1-14(2,3)16-8-11-9-17-18-13(11)10-5-4-6-12(15)7-10/h4-7,9,16H,8H2,1-3H3. The first kappa shape index (κ1) is 13.3. The minimum Gasteiger partial charge on any atom is -0.356 e. The second-order valence-electron chi connectivity index (χ2n) is 5.29. The van der Waals surface area contributed by atoms with Crippen LogP contribution in [0.4, 0.5) is 0 Å². The van der Waals surface area contributed by atoms with Crippen molar-refractivity contribution >= 4 is 15.9 Å². The fourth-order valence-electron chi connectivity index (χ4n) is 1.61. The minimum absolute atomic E-state index is 0.0752. The van der Waals surface area contributed by atoms with Gasteiger partial charge in [-0.15, -0.1) is 0 Å². The lowest BCUT2D eigenvalue weighted by molar-refractivity contribution is 0.418. The quantitative estimate of drug-likeness (QED) is 0.931. The third-order valence-electron chi connectivity index (χ3n) is 2.54. The SMILES string of the molecule is CC(C)(C)NCc1cnoc1-c1cccc(Br)c1. The summed E-state index contributed by atoms with van der Waals surface area (Å²) in [5.74, 6) is 0.827. The smallest absolute Gasteiger partial charge is 0.171 e. The number of rotatable bonds is 3. The molecule has 0 atom stereocenters. The summed E-state index contributed by atoms with van der Waals surface area (Å²) in [5, 5.41) is 7.34. The Bertz CT molecular complexity index is 529. The molecule has 0 aliphatic rings. The molecule has 1 aromatic carbocycles. The van der Waals surface area contributed by atoms with E-state index in [1.54, 1.807) is 6.20 Å². The van der Waals surface area contributed by atoms with Crippen molar-refractivity contribution in [3.63, 3.8) is 0 Å². The molecule has 0 bridgehead atoms. The predicted molar refractivity (Wildman–Crippen MR) is 76.2 cm³/mol. The molecule has 0 spiro atoms. The zero-order valence-corrected chi connectivity index (χ0v) is 12.4. The maximum Gasteiger partial charge on any atom is 0.171 e. The van der Waals surface area contributed by atoms with E-state index in [1.807, 2.05) is 24.3 Å². The molecule has 4 heteroatoms. The van der Waals surface area contributed by atoms with Crippen LogP contribution in [0.1, 0.15) is 26.3 Å². The molecule has 2 aromatic rings. The number of halogens is 1. The Morgan fingerprint density at radius 2 is 2.11 bits per heavy atom. The van der Waals surface area contributed by atoms with E-state index < -0.39 is 0 Å². The first-order chi connectivity index (χ1) is 8.46. The Balaban J connectivity index is 2.23. The van der Waals surface area contributed by atoms with Crippen molar-refractivity contribution in [2.75, 3.05) is 0 Å². The van der Waals surface area contributed by atoms with E-state index in [1.165, 1.54) is 0 Å².